The molecule has 0 unspecified atom stereocenters. The fraction of sp³-hybridized carbons (Fsp3) is 0.583. The molecule has 0 aliphatic heterocycles. The van der Waals surface area contributed by atoms with Gasteiger partial charge in [0.15, 0.2) is 11.6 Å². The summed E-state index contributed by atoms with van der Waals surface area (Å²) in [6, 6.07) is 0. The zero-order valence-corrected chi connectivity index (χ0v) is 11.3. The quantitative estimate of drug-likeness (QED) is 0.875. The van der Waals surface area contributed by atoms with Crippen LogP contribution in [0.2, 0.25) is 0 Å². The molecular formula is C12H19N5O. The van der Waals surface area contributed by atoms with Crippen molar-refractivity contribution >= 4 is 0 Å². The zero-order valence-electron chi connectivity index (χ0n) is 11.3. The molecule has 0 radical (unpaired) electrons. The molecule has 0 aliphatic carbocycles. The summed E-state index contributed by atoms with van der Waals surface area (Å²) >= 11 is 0. The number of rotatable bonds is 4. The molecule has 2 aromatic heterocycles. The van der Waals surface area contributed by atoms with Gasteiger partial charge in [-0.2, -0.15) is 9.78 Å². The predicted molar refractivity (Wildman–Crippen MR) is 67.5 cm³/mol. The van der Waals surface area contributed by atoms with E-state index in [1.54, 1.807) is 9.36 Å². The average Bonchev–Trinajstić information content (AvgIpc) is 2.88. The molecule has 0 bridgehead atoms. The maximum atomic E-state index is 9.49. The Morgan fingerprint density at radius 1 is 1.17 bits per heavy atom. The van der Waals surface area contributed by atoms with Gasteiger partial charge in [-0.05, 0) is 6.92 Å². The van der Waals surface area contributed by atoms with Crippen LogP contribution >= 0.6 is 0 Å². The number of aliphatic hydroxyl groups is 1. The van der Waals surface area contributed by atoms with Gasteiger partial charge in [0.05, 0.1) is 12.3 Å². The Hall–Kier alpha value is -1.69. The zero-order chi connectivity index (χ0) is 13.3. The minimum absolute atomic E-state index is 0.0422. The van der Waals surface area contributed by atoms with E-state index in [0.29, 0.717) is 0 Å². The lowest BCUT2D eigenvalue weighted by atomic mass is 10.2. The van der Waals surface area contributed by atoms with Crippen molar-refractivity contribution < 1.29 is 5.11 Å². The highest BCUT2D eigenvalue weighted by atomic mass is 16.3. The van der Waals surface area contributed by atoms with E-state index in [4.69, 9.17) is 0 Å². The Morgan fingerprint density at radius 3 is 2.44 bits per heavy atom. The molecular weight excluding hydrogens is 230 g/mol. The average molecular weight is 249 g/mol. The van der Waals surface area contributed by atoms with Gasteiger partial charge in [0.2, 0.25) is 0 Å². The molecule has 0 aliphatic rings. The summed E-state index contributed by atoms with van der Waals surface area (Å²) in [5.74, 6) is 2.51. The van der Waals surface area contributed by atoms with Gasteiger partial charge in [-0.15, -0.1) is 5.10 Å². The van der Waals surface area contributed by atoms with Crippen LogP contribution in [-0.4, -0.2) is 29.7 Å². The fourth-order valence-electron chi connectivity index (χ4n) is 2.08. The van der Waals surface area contributed by atoms with Crippen LogP contribution in [0.4, 0.5) is 0 Å². The van der Waals surface area contributed by atoms with Crippen LogP contribution in [0.5, 0.6) is 0 Å². The molecule has 6 nitrogen and oxygen atoms in total. The van der Waals surface area contributed by atoms with Gasteiger partial charge in [-0.3, -0.25) is 4.68 Å². The molecule has 18 heavy (non-hydrogen) atoms. The van der Waals surface area contributed by atoms with E-state index in [1.165, 1.54) is 0 Å². The van der Waals surface area contributed by atoms with Gasteiger partial charge in [0, 0.05) is 25.5 Å². The SMILES string of the molecule is CCc1nc(CC)n(-c2c(CO)c(C)nn2C)n1. The second-order valence-electron chi connectivity index (χ2n) is 4.23. The van der Waals surface area contributed by atoms with E-state index in [2.05, 4.69) is 15.2 Å². The second-order valence-corrected chi connectivity index (χ2v) is 4.23. The highest BCUT2D eigenvalue weighted by Gasteiger charge is 2.18. The summed E-state index contributed by atoms with van der Waals surface area (Å²) in [5.41, 5.74) is 1.63. The molecule has 0 amide bonds. The molecule has 0 atom stereocenters. The molecule has 0 fully saturated rings. The maximum Gasteiger partial charge on any atom is 0.159 e. The van der Waals surface area contributed by atoms with E-state index < -0.39 is 0 Å². The minimum Gasteiger partial charge on any atom is -0.391 e. The fourth-order valence-corrected chi connectivity index (χ4v) is 2.08. The van der Waals surface area contributed by atoms with E-state index in [1.807, 2.05) is 27.8 Å². The molecule has 6 heteroatoms. The van der Waals surface area contributed by atoms with Gasteiger partial charge < -0.3 is 5.11 Å². The van der Waals surface area contributed by atoms with Crippen LogP contribution in [0.3, 0.4) is 0 Å². The molecule has 2 aromatic rings. The van der Waals surface area contributed by atoms with Crippen molar-refractivity contribution in [2.75, 3.05) is 0 Å². The number of hydrogen-bond donors (Lipinski definition) is 1. The highest BCUT2D eigenvalue weighted by Crippen LogP contribution is 2.19. The number of aromatic nitrogens is 5. The first kappa shape index (κ1) is 12.8. The van der Waals surface area contributed by atoms with E-state index >= 15 is 0 Å². The third kappa shape index (κ3) is 1.92. The molecule has 1 N–H and O–H groups in total. The van der Waals surface area contributed by atoms with Crippen molar-refractivity contribution in [1.82, 2.24) is 24.5 Å². The summed E-state index contributed by atoms with van der Waals surface area (Å²) in [4.78, 5) is 4.48. The predicted octanol–water partition coefficient (Wildman–Crippen LogP) is 0.926. The molecule has 2 rings (SSSR count). The smallest absolute Gasteiger partial charge is 0.159 e. The number of aliphatic hydroxyl groups excluding tert-OH is 1. The summed E-state index contributed by atoms with van der Waals surface area (Å²) in [6.45, 7) is 5.92. The van der Waals surface area contributed by atoms with Crippen LogP contribution in [0.1, 0.15) is 36.8 Å². The lowest BCUT2D eigenvalue weighted by Gasteiger charge is -2.06. The lowest BCUT2D eigenvalue weighted by molar-refractivity contribution is 0.280. The highest BCUT2D eigenvalue weighted by molar-refractivity contribution is 5.37. The number of hydrogen-bond acceptors (Lipinski definition) is 4. The van der Waals surface area contributed by atoms with E-state index in [0.717, 1.165) is 41.6 Å². The third-order valence-corrected chi connectivity index (χ3v) is 3.02. The molecule has 98 valence electrons. The van der Waals surface area contributed by atoms with Crippen molar-refractivity contribution in [3.63, 3.8) is 0 Å². The van der Waals surface area contributed by atoms with Crippen molar-refractivity contribution in [1.29, 1.82) is 0 Å². The topological polar surface area (TPSA) is 68.8 Å². The van der Waals surface area contributed by atoms with Crippen LogP contribution in [0, 0.1) is 6.92 Å². The van der Waals surface area contributed by atoms with E-state index in [-0.39, 0.29) is 6.61 Å². The van der Waals surface area contributed by atoms with Gasteiger partial charge in [0.25, 0.3) is 0 Å². The first-order valence-corrected chi connectivity index (χ1v) is 6.20. The minimum atomic E-state index is -0.0422. The molecule has 0 saturated heterocycles. The Labute approximate surface area is 106 Å². The lowest BCUT2D eigenvalue weighted by Crippen LogP contribution is -2.10. The molecule has 0 spiro atoms. The van der Waals surface area contributed by atoms with Crippen molar-refractivity contribution in [2.45, 2.75) is 40.2 Å². The molecule has 0 aromatic carbocycles. The Morgan fingerprint density at radius 2 is 1.89 bits per heavy atom. The van der Waals surface area contributed by atoms with Crippen LogP contribution < -0.4 is 0 Å². The Balaban J connectivity index is 2.64. The second kappa shape index (κ2) is 4.89. The van der Waals surface area contributed by atoms with Crippen molar-refractivity contribution in [3.8, 4) is 5.82 Å². The largest absolute Gasteiger partial charge is 0.391 e. The first-order chi connectivity index (χ1) is 8.62. The summed E-state index contributed by atoms with van der Waals surface area (Å²) in [6.07, 6.45) is 1.59. The van der Waals surface area contributed by atoms with Crippen molar-refractivity contribution in [3.05, 3.63) is 22.9 Å². The van der Waals surface area contributed by atoms with E-state index in [9.17, 15) is 5.11 Å². The van der Waals surface area contributed by atoms with Gasteiger partial charge >= 0.3 is 0 Å². The number of nitrogens with zero attached hydrogens (tertiary/aromatic N) is 5. The van der Waals surface area contributed by atoms with Crippen LogP contribution in [0.25, 0.3) is 5.82 Å². The van der Waals surface area contributed by atoms with Crippen molar-refractivity contribution in [2.24, 2.45) is 7.05 Å². The maximum absolute atomic E-state index is 9.49. The Bertz CT molecular complexity index is 555. The van der Waals surface area contributed by atoms with Crippen LogP contribution in [0.15, 0.2) is 0 Å². The first-order valence-electron chi connectivity index (χ1n) is 6.20. The van der Waals surface area contributed by atoms with Crippen LogP contribution in [-0.2, 0) is 26.5 Å². The summed E-state index contributed by atoms with van der Waals surface area (Å²) < 4.78 is 3.54. The summed E-state index contributed by atoms with van der Waals surface area (Å²) in [7, 11) is 1.86. The summed E-state index contributed by atoms with van der Waals surface area (Å²) in [5, 5.41) is 18.3. The van der Waals surface area contributed by atoms with Gasteiger partial charge in [-0.25, -0.2) is 4.98 Å². The normalized spacial score (nSPS) is 11.2. The van der Waals surface area contributed by atoms with Gasteiger partial charge in [-0.1, -0.05) is 13.8 Å². The monoisotopic (exact) mass is 249 g/mol. The Kier molecular flexibility index (Phi) is 3.47. The molecule has 2 heterocycles. The third-order valence-electron chi connectivity index (χ3n) is 3.02. The standard InChI is InChI=1S/C12H19N5O/c1-5-10-13-11(6-2)17(15-10)12-9(7-18)8(3)14-16(12)4/h18H,5-7H2,1-4H3. The number of aryl methyl sites for hydroxylation is 4. The molecule has 0 saturated carbocycles. The van der Waals surface area contributed by atoms with Gasteiger partial charge in [0.1, 0.15) is 5.82 Å².